The minimum absolute atomic E-state index is 0.167. The molecule has 0 unspecified atom stereocenters. The third kappa shape index (κ3) is 3.83. The molecular formula is C9H17NO2. The first kappa shape index (κ1) is 9.68. The van der Waals surface area contributed by atoms with E-state index >= 15 is 0 Å². The summed E-state index contributed by atoms with van der Waals surface area (Å²) in [6.07, 6.45) is 2.67. The lowest BCUT2D eigenvalue weighted by Gasteiger charge is -2.14. The summed E-state index contributed by atoms with van der Waals surface area (Å²) in [5.74, 6) is 1.02. The summed E-state index contributed by atoms with van der Waals surface area (Å²) in [5, 5.41) is 0. The monoisotopic (exact) mass is 171 g/mol. The van der Waals surface area contributed by atoms with Gasteiger partial charge < -0.3 is 4.74 Å². The molecule has 0 bridgehead atoms. The van der Waals surface area contributed by atoms with Crippen LogP contribution in [0.15, 0.2) is 0 Å². The average molecular weight is 171 g/mol. The molecule has 0 N–H and O–H groups in total. The molecule has 0 amide bonds. The van der Waals surface area contributed by atoms with Crippen molar-refractivity contribution in [3.05, 3.63) is 0 Å². The van der Waals surface area contributed by atoms with Crippen LogP contribution in [0.5, 0.6) is 0 Å². The molecule has 0 aromatic carbocycles. The van der Waals surface area contributed by atoms with E-state index in [9.17, 15) is 4.79 Å². The number of carbonyl (C=O) groups is 1. The Bertz CT molecular complexity index is 155. The predicted molar refractivity (Wildman–Crippen MR) is 47.1 cm³/mol. The summed E-state index contributed by atoms with van der Waals surface area (Å²) in [7, 11) is 3.55. The first-order chi connectivity index (χ1) is 5.72. The molecule has 0 aromatic rings. The number of Topliss-reactive ketones (excluding diaryl/α,β-unsaturated/α-hetero) is 1. The molecule has 0 atom stereocenters. The fourth-order valence-corrected chi connectivity index (χ4v) is 1.31. The van der Waals surface area contributed by atoms with Gasteiger partial charge in [0.25, 0.3) is 0 Å². The third-order valence-electron chi connectivity index (χ3n) is 2.02. The van der Waals surface area contributed by atoms with Gasteiger partial charge in [0.2, 0.25) is 0 Å². The van der Waals surface area contributed by atoms with Gasteiger partial charge in [-0.05, 0) is 25.8 Å². The van der Waals surface area contributed by atoms with Crippen LogP contribution in [-0.4, -0.2) is 44.5 Å². The van der Waals surface area contributed by atoms with Crippen molar-refractivity contribution < 1.29 is 9.53 Å². The molecule has 12 heavy (non-hydrogen) atoms. The van der Waals surface area contributed by atoms with Crippen LogP contribution in [0.3, 0.4) is 0 Å². The molecule has 3 nitrogen and oxygen atoms in total. The van der Waals surface area contributed by atoms with Crippen LogP contribution in [0.2, 0.25) is 0 Å². The van der Waals surface area contributed by atoms with E-state index in [1.165, 1.54) is 12.8 Å². The van der Waals surface area contributed by atoms with Gasteiger partial charge in [-0.25, -0.2) is 0 Å². The SMILES string of the molecule is COCC(=O)CN(C)CC1CC1. The Morgan fingerprint density at radius 3 is 2.75 bits per heavy atom. The van der Waals surface area contributed by atoms with E-state index in [1.54, 1.807) is 7.11 Å². The fourth-order valence-electron chi connectivity index (χ4n) is 1.31. The van der Waals surface area contributed by atoms with Crippen molar-refractivity contribution in [3.8, 4) is 0 Å². The zero-order chi connectivity index (χ0) is 8.97. The van der Waals surface area contributed by atoms with Crippen molar-refractivity contribution in [3.63, 3.8) is 0 Å². The lowest BCUT2D eigenvalue weighted by Crippen LogP contribution is -2.29. The van der Waals surface area contributed by atoms with E-state index in [2.05, 4.69) is 4.90 Å². The summed E-state index contributed by atoms with van der Waals surface area (Å²) < 4.78 is 4.75. The van der Waals surface area contributed by atoms with Crippen LogP contribution in [0, 0.1) is 5.92 Å². The van der Waals surface area contributed by atoms with E-state index in [4.69, 9.17) is 4.74 Å². The number of carbonyl (C=O) groups excluding carboxylic acids is 1. The van der Waals surface area contributed by atoms with Crippen LogP contribution in [0.4, 0.5) is 0 Å². The largest absolute Gasteiger partial charge is 0.377 e. The third-order valence-corrected chi connectivity index (χ3v) is 2.02. The maximum absolute atomic E-state index is 11.1. The summed E-state index contributed by atoms with van der Waals surface area (Å²) in [5.41, 5.74) is 0. The Labute approximate surface area is 73.7 Å². The zero-order valence-corrected chi connectivity index (χ0v) is 7.88. The average Bonchev–Trinajstić information content (AvgIpc) is 2.71. The van der Waals surface area contributed by atoms with Gasteiger partial charge in [-0.3, -0.25) is 9.69 Å². The second-order valence-corrected chi connectivity index (χ2v) is 3.61. The first-order valence-electron chi connectivity index (χ1n) is 4.41. The molecule has 0 saturated heterocycles. The molecule has 1 fully saturated rings. The van der Waals surface area contributed by atoms with Crippen molar-refractivity contribution in [2.75, 3.05) is 33.9 Å². The lowest BCUT2D eigenvalue weighted by atomic mass is 10.3. The number of hydrogen-bond donors (Lipinski definition) is 0. The number of likely N-dealkylation sites (N-methyl/N-ethyl adjacent to an activating group) is 1. The van der Waals surface area contributed by atoms with E-state index < -0.39 is 0 Å². The highest BCUT2D eigenvalue weighted by molar-refractivity contribution is 5.81. The number of nitrogens with zero attached hydrogens (tertiary/aromatic N) is 1. The Hall–Kier alpha value is -0.410. The van der Waals surface area contributed by atoms with E-state index in [0.29, 0.717) is 6.54 Å². The van der Waals surface area contributed by atoms with Gasteiger partial charge in [-0.2, -0.15) is 0 Å². The molecule has 0 aliphatic heterocycles. The molecule has 70 valence electrons. The summed E-state index contributed by atoms with van der Waals surface area (Å²) in [4.78, 5) is 13.2. The number of methoxy groups -OCH3 is 1. The molecule has 3 heteroatoms. The first-order valence-corrected chi connectivity index (χ1v) is 4.41. The number of ether oxygens (including phenoxy) is 1. The van der Waals surface area contributed by atoms with Crippen molar-refractivity contribution in [1.29, 1.82) is 0 Å². The molecule has 0 spiro atoms. The van der Waals surface area contributed by atoms with E-state index in [0.717, 1.165) is 12.5 Å². The maximum Gasteiger partial charge on any atom is 0.172 e. The van der Waals surface area contributed by atoms with Crippen molar-refractivity contribution >= 4 is 5.78 Å². The Balaban J connectivity index is 2.06. The highest BCUT2D eigenvalue weighted by atomic mass is 16.5. The lowest BCUT2D eigenvalue weighted by molar-refractivity contribution is -0.123. The van der Waals surface area contributed by atoms with E-state index in [-0.39, 0.29) is 12.4 Å². The smallest absolute Gasteiger partial charge is 0.172 e. The Morgan fingerprint density at radius 2 is 2.25 bits per heavy atom. The van der Waals surface area contributed by atoms with Crippen LogP contribution in [0.1, 0.15) is 12.8 Å². The molecular weight excluding hydrogens is 154 g/mol. The highest BCUT2D eigenvalue weighted by Gasteiger charge is 2.23. The normalized spacial score (nSPS) is 16.9. The van der Waals surface area contributed by atoms with Gasteiger partial charge in [-0.15, -0.1) is 0 Å². The summed E-state index contributed by atoms with van der Waals surface area (Å²) in [6, 6.07) is 0. The molecule has 0 radical (unpaired) electrons. The zero-order valence-electron chi connectivity index (χ0n) is 7.88. The minimum atomic E-state index is 0.167. The van der Waals surface area contributed by atoms with Gasteiger partial charge >= 0.3 is 0 Å². The highest BCUT2D eigenvalue weighted by Crippen LogP contribution is 2.29. The topological polar surface area (TPSA) is 29.5 Å². The van der Waals surface area contributed by atoms with Crippen LogP contribution in [-0.2, 0) is 9.53 Å². The van der Waals surface area contributed by atoms with Crippen LogP contribution in [0.25, 0.3) is 0 Å². The van der Waals surface area contributed by atoms with Gasteiger partial charge in [0.05, 0.1) is 6.54 Å². The van der Waals surface area contributed by atoms with E-state index in [1.807, 2.05) is 7.05 Å². The Kier molecular flexibility index (Phi) is 3.69. The minimum Gasteiger partial charge on any atom is -0.377 e. The summed E-state index contributed by atoms with van der Waals surface area (Å²) in [6.45, 7) is 1.84. The molecule has 0 aromatic heterocycles. The molecule has 1 aliphatic carbocycles. The molecule has 1 aliphatic rings. The summed E-state index contributed by atoms with van der Waals surface area (Å²) >= 11 is 0. The van der Waals surface area contributed by atoms with Crippen LogP contribution >= 0.6 is 0 Å². The predicted octanol–water partition coefficient (Wildman–Crippen LogP) is 0.544. The molecule has 1 rings (SSSR count). The van der Waals surface area contributed by atoms with Gasteiger partial charge in [-0.1, -0.05) is 0 Å². The standard InChI is InChI=1S/C9H17NO2/c1-10(5-8-3-4-8)6-9(11)7-12-2/h8H,3-7H2,1-2H3. The van der Waals surface area contributed by atoms with Crippen molar-refractivity contribution in [2.45, 2.75) is 12.8 Å². The fraction of sp³-hybridized carbons (Fsp3) is 0.889. The van der Waals surface area contributed by atoms with Crippen molar-refractivity contribution in [2.24, 2.45) is 5.92 Å². The Morgan fingerprint density at radius 1 is 1.58 bits per heavy atom. The maximum atomic E-state index is 11.1. The van der Waals surface area contributed by atoms with Gasteiger partial charge in [0.1, 0.15) is 6.61 Å². The van der Waals surface area contributed by atoms with Gasteiger partial charge in [0.15, 0.2) is 5.78 Å². The number of rotatable bonds is 6. The number of ketones is 1. The second-order valence-electron chi connectivity index (χ2n) is 3.61. The molecule has 0 heterocycles. The van der Waals surface area contributed by atoms with Crippen LogP contribution < -0.4 is 0 Å². The molecule has 1 saturated carbocycles. The van der Waals surface area contributed by atoms with Gasteiger partial charge in [0, 0.05) is 13.7 Å². The quantitative estimate of drug-likeness (QED) is 0.584. The number of hydrogen-bond acceptors (Lipinski definition) is 3. The second kappa shape index (κ2) is 4.58. The van der Waals surface area contributed by atoms with Crippen molar-refractivity contribution in [1.82, 2.24) is 4.90 Å².